The lowest BCUT2D eigenvalue weighted by Crippen LogP contribution is -2.03. The van der Waals surface area contributed by atoms with Crippen LogP contribution >= 0.6 is 0 Å². The fourth-order valence-corrected chi connectivity index (χ4v) is 1.94. The third kappa shape index (κ3) is 1.99. The van der Waals surface area contributed by atoms with E-state index >= 15 is 0 Å². The highest BCUT2D eigenvalue weighted by molar-refractivity contribution is 5.64. The van der Waals surface area contributed by atoms with Crippen molar-refractivity contribution in [2.45, 2.75) is 19.8 Å². The summed E-state index contributed by atoms with van der Waals surface area (Å²) in [4.78, 5) is 0. The molecule has 0 bridgehead atoms. The van der Waals surface area contributed by atoms with Crippen LogP contribution in [-0.2, 0) is 11.2 Å². The Balaban J connectivity index is 2.38. The number of allylic oxidation sites excluding steroid dienone is 1. The largest absolute Gasteiger partial charge is 0.498 e. The van der Waals surface area contributed by atoms with Gasteiger partial charge >= 0.3 is 0 Å². The first kappa shape index (κ1) is 10.1. The van der Waals surface area contributed by atoms with Crippen molar-refractivity contribution < 1.29 is 9.47 Å². The van der Waals surface area contributed by atoms with Crippen LogP contribution in [0.4, 0.5) is 0 Å². The Kier molecular flexibility index (Phi) is 2.95. The number of aryl methyl sites for hydroxylation is 1. The maximum absolute atomic E-state index is 5.54. The summed E-state index contributed by atoms with van der Waals surface area (Å²) < 4.78 is 10.9. The van der Waals surface area contributed by atoms with Crippen molar-refractivity contribution in [3.05, 3.63) is 35.1 Å². The summed E-state index contributed by atoms with van der Waals surface area (Å²) in [5.74, 6) is 2.00. The highest BCUT2D eigenvalue weighted by atomic mass is 16.5. The normalized spacial score (nSPS) is 14.1. The zero-order chi connectivity index (χ0) is 10.7. The lowest BCUT2D eigenvalue weighted by molar-refractivity contribution is 0.221. The van der Waals surface area contributed by atoms with Crippen LogP contribution in [0, 0.1) is 0 Å². The van der Waals surface area contributed by atoms with Gasteiger partial charge in [-0.2, -0.15) is 0 Å². The predicted molar refractivity (Wildman–Crippen MR) is 60.9 cm³/mol. The SMILES string of the molecule is CCOC1=Cc2c(cccc2OC)CC1. The Morgan fingerprint density at radius 2 is 2.13 bits per heavy atom. The van der Waals surface area contributed by atoms with Crippen LogP contribution in [0.1, 0.15) is 24.5 Å². The van der Waals surface area contributed by atoms with Crippen LogP contribution < -0.4 is 4.74 Å². The first-order valence-electron chi connectivity index (χ1n) is 5.34. The van der Waals surface area contributed by atoms with Crippen LogP contribution in [0.15, 0.2) is 24.0 Å². The zero-order valence-corrected chi connectivity index (χ0v) is 9.25. The summed E-state index contributed by atoms with van der Waals surface area (Å²) >= 11 is 0. The number of hydrogen-bond acceptors (Lipinski definition) is 2. The van der Waals surface area contributed by atoms with E-state index in [9.17, 15) is 0 Å². The van der Waals surface area contributed by atoms with Gasteiger partial charge in [-0.05, 0) is 31.1 Å². The molecule has 0 amide bonds. The molecule has 80 valence electrons. The van der Waals surface area contributed by atoms with E-state index in [4.69, 9.17) is 9.47 Å². The molecule has 1 aliphatic carbocycles. The van der Waals surface area contributed by atoms with E-state index in [1.54, 1.807) is 7.11 Å². The van der Waals surface area contributed by atoms with Gasteiger partial charge in [-0.3, -0.25) is 0 Å². The van der Waals surface area contributed by atoms with Crippen molar-refractivity contribution in [2.75, 3.05) is 13.7 Å². The standard InChI is InChI=1S/C13H16O2/c1-3-15-11-8-7-10-5-4-6-13(14-2)12(10)9-11/h4-6,9H,3,7-8H2,1-2H3. The number of hydrogen-bond donors (Lipinski definition) is 0. The molecule has 2 rings (SSSR count). The molecule has 0 saturated heterocycles. The minimum Gasteiger partial charge on any atom is -0.498 e. The molecule has 0 N–H and O–H groups in total. The summed E-state index contributed by atoms with van der Waals surface area (Å²) in [5.41, 5.74) is 2.52. The molecular formula is C13H16O2. The average molecular weight is 204 g/mol. The maximum atomic E-state index is 5.54. The summed E-state index contributed by atoms with van der Waals surface area (Å²) in [6, 6.07) is 6.18. The van der Waals surface area contributed by atoms with Gasteiger partial charge in [0.1, 0.15) is 5.75 Å². The van der Waals surface area contributed by atoms with Crippen molar-refractivity contribution in [3.8, 4) is 5.75 Å². The fourth-order valence-electron chi connectivity index (χ4n) is 1.94. The molecule has 2 heteroatoms. The third-order valence-electron chi connectivity index (χ3n) is 2.65. The summed E-state index contributed by atoms with van der Waals surface area (Å²) in [7, 11) is 1.71. The fraction of sp³-hybridized carbons (Fsp3) is 0.385. The van der Waals surface area contributed by atoms with E-state index in [0.29, 0.717) is 0 Å². The molecule has 0 saturated carbocycles. The van der Waals surface area contributed by atoms with Crippen molar-refractivity contribution in [2.24, 2.45) is 0 Å². The van der Waals surface area contributed by atoms with Gasteiger partial charge in [-0.1, -0.05) is 12.1 Å². The number of rotatable bonds is 3. The Hall–Kier alpha value is -1.44. The quantitative estimate of drug-likeness (QED) is 0.753. The smallest absolute Gasteiger partial charge is 0.126 e. The summed E-state index contributed by atoms with van der Waals surface area (Å²) in [5, 5.41) is 0. The monoisotopic (exact) mass is 204 g/mol. The summed E-state index contributed by atoms with van der Waals surface area (Å²) in [6.45, 7) is 2.74. The molecule has 0 aromatic heterocycles. The van der Waals surface area contributed by atoms with E-state index in [-0.39, 0.29) is 0 Å². The molecular weight excluding hydrogens is 188 g/mol. The Bertz CT molecular complexity index is 380. The Labute approximate surface area is 90.5 Å². The zero-order valence-electron chi connectivity index (χ0n) is 9.25. The second-order valence-electron chi connectivity index (χ2n) is 3.58. The number of methoxy groups -OCH3 is 1. The van der Waals surface area contributed by atoms with E-state index in [1.807, 2.05) is 19.1 Å². The van der Waals surface area contributed by atoms with Crippen LogP contribution in [0.3, 0.4) is 0 Å². The maximum Gasteiger partial charge on any atom is 0.126 e. The third-order valence-corrected chi connectivity index (χ3v) is 2.65. The van der Waals surface area contributed by atoms with Crippen molar-refractivity contribution >= 4 is 6.08 Å². The molecule has 15 heavy (non-hydrogen) atoms. The van der Waals surface area contributed by atoms with Crippen molar-refractivity contribution in [1.82, 2.24) is 0 Å². The molecule has 0 aliphatic heterocycles. The molecule has 0 heterocycles. The highest BCUT2D eigenvalue weighted by Crippen LogP contribution is 2.31. The van der Waals surface area contributed by atoms with Crippen molar-refractivity contribution in [3.63, 3.8) is 0 Å². The van der Waals surface area contributed by atoms with Gasteiger partial charge < -0.3 is 9.47 Å². The van der Waals surface area contributed by atoms with Crippen LogP contribution in [0.25, 0.3) is 6.08 Å². The molecule has 0 fully saturated rings. The molecule has 0 spiro atoms. The van der Waals surface area contributed by atoms with Gasteiger partial charge in [0.25, 0.3) is 0 Å². The van der Waals surface area contributed by atoms with E-state index in [2.05, 4.69) is 12.1 Å². The van der Waals surface area contributed by atoms with Gasteiger partial charge in [0.2, 0.25) is 0 Å². The number of fused-ring (bicyclic) bond motifs is 1. The second kappa shape index (κ2) is 4.39. The molecule has 0 atom stereocenters. The van der Waals surface area contributed by atoms with E-state index < -0.39 is 0 Å². The number of ether oxygens (including phenoxy) is 2. The lowest BCUT2D eigenvalue weighted by Gasteiger charge is -2.18. The average Bonchev–Trinajstić information content (AvgIpc) is 2.28. The highest BCUT2D eigenvalue weighted by Gasteiger charge is 2.14. The predicted octanol–water partition coefficient (Wildman–Crippen LogP) is 3.02. The molecule has 1 aliphatic rings. The molecule has 0 unspecified atom stereocenters. The van der Waals surface area contributed by atoms with Gasteiger partial charge in [0, 0.05) is 12.0 Å². The first-order valence-corrected chi connectivity index (χ1v) is 5.34. The van der Waals surface area contributed by atoms with Crippen LogP contribution in [-0.4, -0.2) is 13.7 Å². The summed E-state index contributed by atoms with van der Waals surface area (Å²) in [6.07, 6.45) is 4.13. The van der Waals surface area contributed by atoms with E-state index in [1.165, 1.54) is 11.1 Å². The van der Waals surface area contributed by atoms with E-state index in [0.717, 1.165) is 31.0 Å². The lowest BCUT2D eigenvalue weighted by atomic mass is 9.95. The van der Waals surface area contributed by atoms with Crippen LogP contribution in [0.2, 0.25) is 0 Å². The van der Waals surface area contributed by atoms with Gasteiger partial charge in [-0.25, -0.2) is 0 Å². The first-order chi connectivity index (χ1) is 7.35. The van der Waals surface area contributed by atoms with Gasteiger partial charge in [0.15, 0.2) is 0 Å². The molecule has 1 aromatic carbocycles. The molecule has 2 nitrogen and oxygen atoms in total. The minimum atomic E-state index is 0.732. The number of benzene rings is 1. The second-order valence-corrected chi connectivity index (χ2v) is 3.58. The van der Waals surface area contributed by atoms with Crippen molar-refractivity contribution in [1.29, 1.82) is 0 Å². The minimum absolute atomic E-state index is 0.732. The van der Waals surface area contributed by atoms with Gasteiger partial charge in [-0.15, -0.1) is 0 Å². The topological polar surface area (TPSA) is 18.5 Å². The van der Waals surface area contributed by atoms with Crippen LogP contribution in [0.5, 0.6) is 5.75 Å². The molecule has 0 radical (unpaired) electrons. The Morgan fingerprint density at radius 3 is 2.87 bits per heavy atom. The van der Waals surface area contributed by atoms with Gasteiger partial charge in [0.05, 0.1) is 19.5 Å². The Morgan fingerprint density at radius 1 is 1.27 bits per heavy atom. The molecule has 1 aromatic rings.